The molecule has 0 saturated heterocycles. The molecule has 0 atom stereocenters. The average Bonchev–Trinajstić information content (AvgIpc) is 3.82. The summed E-state index contributed by atoms with van der Waals surface area (Å²) in [7, 11) is 1.60. The molecule has 0 radical (unpaired) electrons. The van der Waals surface area contributed by atoms with Gasteiger partial charge in [0.25, 0.3) is 0 Å². The van der Waals surface area contributed by atoms with Crippen LogP contribution in [0.25, 0.3) is 43.6 Å². The lowest BCUT2D eigenvalue weighted by atomic mass is 10.2. The number of hydrogen-bond acceptors (Lipinski definition) is 12. The number of nitrogens with one attached hydrogen (secondary N) is 1. The van der Waals surface area contributed by atoms with Crippen LogP contribution < -0.4 is 10.1 Å². The monoisotopic (exact) mass is 665 g/mol. The lowest BCUT2D eigenvalue weighted by molar-refractivity contribution is 0.415. The highest BCUT2D eigenvalue weighted by Gasteiger charge is 2.18. The number of aryl methyl sites for hydroxylation is 4. The Morgan fingerprint density at radius 1 is 0.773 bits per heavy atom. The zero-order chi connectivity index (χ0) is 31.0. The van der Waals surface area contributed by atoms with E-state index in [4.69, 9.17) is 37.0 Å². The van der Waals surface area contributed by atoms with Crippen molar-refractivity contribution in [2.45, 2.75) is 34.2 Å². The molecule has 10 nitrogen and oxygen atoms in total. The molecule has 1 N–H and O–H groups in total. The maximum absolute atomic E-state index is 6.23. The Kier molecular flexibility index (Phi) is 8.50. The fourth-order valence-corrected chi connectivity index (χ4v) is 7.17. The molecule has 0 saturated carbocycles. The van der Waals surface area contributed by atoms with E-state index in [1.165, 1.54) is 15.3 Å². The van der Waals surface area contributed by atoms with E-state index in [-0.39, 0.29) is 0 Å². The third kappa shape index (κ3) is 5.85. The second-order valence-electron chi connectivity index (χ2n) is 9.74. The molecule has 0 bridgehead atoms. The Morgan fingerprint density at radius 2 is 1.36 bits per heavy atom. The summed E-state index contributed by atoms with van der Waals surface area (Å²) in [5, 5.41) is 13.8. The first-order valence-corrected chi connectivity index (χ1v) is 15.7. The zero-order valence-electron chi connectivity index (χ0n) is 24.2. The summed E-state index contributed by atoms with van der Waals surface area (Å²) in [4.78, 5) is 22.2. The summed E-state index contributed by atoms with van der Waals surface area (Å²) < 4.78 is 15.5. The molecule has 6 heterocycles. The SMILES string of the molecule is COc1ccc(CNc2nc(-c3ccno3)nc3sc(C)c(C)c23)cc1Cl.Cc1sc2nc(-c3ccno3)nc(Cl)c2c1C. The van der Waals surface area contributed by atoms with Crippen molar-refractivity contribution in [2.24, 2.45) is 0 Å². The van der Waals surface area contributed by atoms with Crippen molar-refractivity contribution in [3.05, 3.63) is 79.3 Å². The maximum atomic E-state index is 6.23. The van der Waals surface area contributed by atoms with Crippen LogP contribution in [0.4, 0.5) is 5.82 Å². The Morgan fingerprint density at radius 3 is 1.93 bits per heavy atom. The second kappa shape index (κ2) is 12.5. The molecule has 0 amide bonds. The molecule has 0 unspecified atom stereocenters. The summed E-state index contributed by atoms with van der Waals surface area (Å²) in [5.74, 6) is 3.47. The van der Waals surface area contributed by atoms with Crippen LogP contribution in [0, 0.1) is 27.7 Å². The standard InChI is InChI=1S/C19H17ClN4O2S.C11H8ClN3OS/c1-10-11(2)27-19-16(10)18(23-17(24-19)15-6-7-22-26-15)21-9-12-4-5-14(25-3)13(20)8-12;1-5-6(2)17-11-8(5)9(12)14-10(15-11)7-3-4-13-16-7/h4-8H,9H2,1-3H3,(H,21,23,24);3-4H,1-2H3. The molecular formula is C30H25Cl2N7O3S2. The van der Waals surface area contributed by atoms with Crippen LogP contribution in [0.3, 0.4) is 0 Å². The fourth-order valence-electron chi connectivity index (χ4n) is 4.47. The summed E-state index contributed by atoms with van der Waals surface area (Å²) in [6.45, 7) is 8.81. The summed E-state index contributed by atoms with van der Waals surface area (Å²) >= 11 is 15.7. The Hall–Kier alpha value is -4.10. The lowest BCUT2D eigenvalue weighted by Gasteiger charge is -2.10. The summed E-state index contributed by atoms with van der Waals surface area (Å²) in [6.07, 6.45) is 3.14. The van der Waals surface area contributed by atoms with E-state index in [1.807, 2.05) is 32.0 Å². The van der Waals surface area contributed by atoms with E-state index < -0.39 is 0 Å². The predicted molar refractivity (Wildman–Crippen MR) is 175 cm³/mol. The number of thiophene rings is 2. The number of anilines is 1. The molecular weight excluding hydrogens is 641 g/mol. The van der Waals surface area contributed by atoms with Gasteiger partial charge in [0.2, 0.25) is 23.2 Å². The first kappa shape index (κ1) is 29.9. The molecule has 0 aliphatic heterocycles. The van der Waals surface area contributed by atoms with Gasteiger partial charge in [-0.1, -0.05) is 39.6 Å². The Bertz CT molecular complexity index is 2090. The van der Waals surface area contributed by atoms with Crippen molar-refractivity contribution in [1.82, 2.24) is 30.2 Å². The van der Waals surface area contributed by atoms with Gasteiger partial charge in [-0.3, -0.25) is 0 Å². The second-order valence-corrected chi connectivity index (χ2v) is 12.9. The molecule has 14 heteroatoms. The third-order valence-electron chi connectivity index (χ3n) is 7.01. The van der Waals surface area contributed by atoms with Crippen LogP contribution in [0.1, 0.15) is 26.4 Å². The number of ether oxygens (including phenoxy) is 1. The fraction of sp³-hybridized carbons (Fsp3) is 0.200. The van der Waals surface area contributed by atoms with E-state index in [0.29, 0.717) is 45.6 Å². The molecule has 6 aromatic heterocycles. The van der Waals surface area contributed by atoms with Gasteiger partial charge in [-0.15, -0.1) is 22.7 Å². The van der Waals surface area contributed by atoms with Crippen LogP contribution >= 0.6 is 45.9 Å². The average molecular weight is 667 g/mol. The molecule has 44 heavy (non-hydrogen) atoms. The van der Waals surface area contributed by atoms with Gasteiger partial charge >= 0.3 is 0 Å². The quantitative estimate of drug-likeness (QED) is 0.172. The van der Waals surface area contributed by atoms with Gasteiger partial charge in [-0.2, -0.15) is 0 Å². The number of benzene rings is 1. The van der Waals surface area contributed by atoms with E-state index in [2.05, 4.69) is 49.4 Å². The van der Waals surface area contributed by atoms with Crippen LogP contribution in [0.2, 0.25) is 10.2 Å². The minimum Gasteiger partial charge on any atom is -0.495 e. The number of nitrogens with zero attached hydrogens (tertiary/aromatic N) is 6. The lowest BCUT2D eigenvalue weighted by Crippen LogP contribution is -2.04. The molecule has 0 aliphatic rings. The summed E-state index contributed by atoms with van der Waals surface area (Å²) in [6, 6.07) is 9.18. The van der Waals surface area contributed by atoms with Gasteiger partial charge in [0.1, 0.15) is 26.4 Å². The van der Waals surface area contributed by atoms with Crippen molar-refractivity contribution in [1.29, 1.82) is 0 Å². The highest BCUT2D eigenvalue weighted by Crippen LogP contribution is 2.36. The molecule has 7 rings (SSSR count). The zero-order valence-corrected chi connectivity index (χ0v) is 27.4. The van der Waals surface area contributed by atoms with Crippen LogP contribution in [-0.2, 0) is 6.54 Å². The smallest absolute Gasteiger partial charge is 0.204 e. The Balaban J connectivity index is 0.000000173. The molecule has 0 aliphatic carbocycles. The first-order valence-electron chi connectivity index (χ1n) is 13.3. The van der Waals surface area contributed by atoms with Crippen molar-refractivity contribution in [2.75, 3.05) is 12.4 Å². The normalized spacial score (nSPS) is 11.2. The summed E-state index contributed by atoms with van der Waals surface area (Å²) in [5.41, 5.74) is 3.34. The highest BCUT2D eigenvalue weighted by atomic mass is 35.5. The van der Waals surface area contributed by atoms with Crippen molar-refractivity contribution in [3.8, 4) is 28.9 Å². The minimum atomic E-state index is 0.461. The number of halogens is 2. The van der Waals surface area contributed by atoms with Crippen LogP contribution in [-0.4, -0.2) is 37.4 Å². The largest absolute Gasteiger partial charge is 0.495 e. The van der Waals surface area contributed by atoms with E-state index in [9.17, 15) is 0 Å². The molecule has 224 valence electrons. The number of aromatic nitrogens is 6. The van der Waals surface area contributed by atoms with Crippen LogP contribution in [0.5, 0.6) is 5.75 Å². The topological polar surface area (TPSA) is 125 Å². The van der Waals surface area contributed by atoms with Gasteiger partial charge in [-0.25, -0.2) is 19.9 Å². The van der Waals surface area contributed by atoms with Crippen LogP contribution in [0.15, 0.2) is 51.8 Å². The van der Waals surface area contributed by atoms with E-state index >= 15 is 0 Å². The number of rotatable bonds is 6. The van der Waals surface area contributed by atoms with Gasteiger partial charge < -0.3 is 19.1 Å². The highest BCUT2D eigenvalue weighted by molar-refractivity contribution is 7.19. The number of methoxy groups -OCH3 is 1. The number of fused-ring (bicyclic) bond motifs is 2. The van der Waals surface area contributed by atoms with Crippen molar-refractivity contribution < 1.29 is 13.8 Å². The van der Waals surface area contributed by atoms with Gasteiger partial charge in [0, 0.05) is 28.4 Å². The predicted octanol–water partition coefficient (Wildman–Crippen LogP) is 8.85. The Labute approximate surface area is 270 Å². The van der Waals surface area contributed by atoms with Crippen molar-refractivity contribution >= 4 is 72.1 Å². The van der Waals surface area contributed by atoms with Gasteiger partial charge in [0.15, 0.2) is 0 Å². The molecule has 0 fully saturated rings. The maximum Gasteiger partial charge on any atom is 0.204 e. The van der Waals surface area contributed by atoms with E-state index in [0.717, 1.165) is 37.4 Å². The molecule has 1 aromatic carbocycles. The van der Waals surface area contributed by atoms with Crippen molar-refractivity contribution in [3.63, 3.8) is 0 Å². The minimum absolute atomic E-state index is 0.461. The molecule has 0 spiro atoms. The third-order valence-corrected chi connectivity index (χ3v) is 9.78. The van der Waals surface area contributed by atoms with E-state index in [1.54, 1.807) is 54.3 Å². The first-order chi connectivity index (χ1) is 21.2. The number of hydrogen-bond donors (Lipinski definition) is 1. The van der Waals surface area contributed by atoms with Gasteiger partial charge in [0.05, 0.1) is 35.3 Å². The molecule has 7 aromatic rings. The van der Waals surface area contributed by atoms with Gasteiger partial charge in [-0.05, 0) is 56.5 Å².